The summed E-state index contributed by atoms with van der Waals surface area (Å²) in [7, 11) is -23.7. The van der Waals surface area contributed by atoms with Crippen molar-refractivity contribution in [1.82, 2.24) is 0 Å². The second-order valence-electron chi connectivity index (χ2n) is 11.0. The summed E-state index contributed by atoms with van der Waals surface area (Å²) in [6.07, 6.45) is 0. The van der Waals surface area contributed by atoms with Gasteiger partial charge in [-0.25, -0.2) is 42.1 Å². The number of nitrogens with two attached hydrogens (primary N) is 2. The van der Waals surface area contributed by atoms with Crippen LogP contribution in [0.15, 0.2) is 114 Å². The number of benzene rings is 4. The number of nitrogen functional groups attached to an aromatic ring is 2. The van der Waals surface area contributed by atoms with Crippen LogP contribution in [0.1, 0.15) is 17.8 Å². The SMILES string of the molecule is C.Nc1c(N=Nc2cccc(C(=O)Nc3cccc(S(=O)(=O)CCOS(=O)(=O)[O-])c3)c2)cc(S(=O)(=O)[O-])c(N)c1N=Nc1ccc(S(=O)(=O)CCOS(=O)(=O)[O-])cc1.[Na+].[Na+].[Na+]. The molecule has 314 valence electrons. The van der Waals surface area contributed by atoms with Gasteiger partial charge in [0.15, 0.2) is 19.7 Å². The molecule has 0 aliphatic carbocycles. The van der Waals surface area contributed by atoms with Crippen molar-refractivity contribution in [2.45, 2.75) is 22.1 Å². The van der Waals surface area contributed by atoms with Crippen molar-refractivity contribution in [3.05, 3.63) is 84.4 Å². The molecule has 5 N–H and O–H groups in total. The van der Waals surface area contributed by atoms with Crippen LogP contribution in [0.2, 0.25) is 0 Å². The summed E-state index contributed by atoms with van der Waals surface area (Å²) in [5.74, 6) is -2.46. The third-order valence-corrected chi connectivity index (χ3v) is 12.2. The molecule has 0 aromatic heterocycles. The normalized spacial score (nSPS) is 12.1. The van der Waals surface area contributed by atoms with E-state index in [1.54, 1.807) is 0 Å². The summed E-state index contributed by atoms with van der Waals surface area (Å²) < 4.78 is 158. The Morgan fingerprint density at radius 3 is 1.67 bits per heavy atom. The maximum atomic E-state index is 13.0. The molecule has 0 saturated heterocycles. The first kappa shape index (κ1) is 58.7. The average Bonchev–Trinajstić information content (AvgIpc) is 3.10. The zero-order valence-electron chi connectivity index (χ0n) is 31.4. The summed E-state index contributed by atoms with van der Waals surface area (Å²) in [5, 5.41) is 18.0. The molecule has 4 aromatic carbocycles. The van der Waals surface area contributed by atoms with Gasteiger partial charge in [-0.15, -0.1) is 10.2 Å². The minimum Gasteiger partial charge on any atom is -0.744 e. The molecule has 0 spiro atoms. The summed E-state index contributed by atoms with van der Waals surface area (Å²) in [6.45, 7) is -1.86. The summed E-state index contributed by atoms with van der Waals surface area (Å²) in [4.78, 5) is 11.4. The first-order valence-corrected chi connectivity index (χ1v) is 22.5. The number of hydrogen-bond acceptors (Lipinski definition) is 22. The van der Waals surface area contributed by atoms with Crippen molar-refractivity contribution in [3.63, 3.8) is 0 Å². The van der Waals surface area contributed by atoms with E-state index in [4.69, 9.17) is 11.5 Å². The van der Waals surface area contributed by atoms with Crippen LogP contribution in [-0.2, 0) is 59.0 Å². The smallest absolute Gasteiger partial charge is 0.744 e. The van der Waals surface area contributed by atoms with Crippen molar-refractivity contribution in [2.75, 3.05) is 41.5 Å². The van der Waals surface area contributed by atoms with Crippen molar-refractivity contribution in [1.29, 1.82) is 0 Å². The van der Waals surface area contributed by atoms with E-state index >= 15 is 0 Å². The topological polar surface area (TPSA) is 389 Å². The van der Waals surface area contributed by atoms with Gasteiger partial charge in [-0.2, -0.15) is 10.2 Å². The predicted octanol–water partition coefficient (Wildman–Crippen LogP) is -6.01. The minimum atomic E-state index is -5.27. The molecule has 31 heteroatoms. The van der Waals surface area contributed by atoms with Crippen molar-refractivity contribution in [3.8, 4) is 0 Å². The second kappa shape index (κ2) is 24.1. The maximum absolute atomic E-state index is 13.0. The molecule has 0 aliphatic heterocycles. The van der Waals surface area contributed by atoms with Gasteiger partial charge in [-0.05, 0) is 66.7 Å². The zero-order valence-corrected chi connectivity index (χ0v) is 41.4. The maximum Gasteiger partial charge on any atom is 1.00 e. The van der Waals surface area contributed by atoms with Crippen LogP contribution in [0.25, 0.3) is 0 Å². The molecule has 0 bridgehead atoms. The van der Waals surface area contributed by atoms with E-state index in [-0.39, 0.29) is 129 Å². The fourth-order valence-corrected chi connectivity index (χ4v) is 8.03. The molecule has 4 rings (SSSR count). The average molecular weight is 974 g/mol. The van der Waals surface area contributed by atoms with Gasteiger partial charge in [0.1, 0.15) is 21.5 Å². The van der Waals surface area contributed by atoms with Crippen LogP contribution in [0.5, 0.6) is 0 Å². The largest absolute Gasteiger partial charge is 1.00 e. The Morgan fingerprint density at radius 1 is 0.607 bits per heavy atom. The van der Waals surface area contributed by atoms with E-state index in [9.17, 15) is 60.5 Å². The van der Waals surface area contributed by atoms with Crippen molar-refractivity contribution in [2.24, 2.45) is 20.5 Å². The fraction of sp³-hybridized carbons (Fsp3) is 0.167. The Balaban J connectivity index is 0.00000900. The van der Waals surface area contributed by atoms with Crippen LogP contribution >= 0.6 is 0 Å². The monoisotopic (exact) mass is 973 g/mol. The molecule has 1 amide bonds. The van der Waals surface area contributed by atoms with Crippen molar-refractivity contribution >= 4 is 96.3 Å². The Kier molecular flexibility index (Phi) is 23.2. The Labute approximate surface area is 417 Å². The first-order valence-electron chi connectivity index (χ1n) is 15.1. The van der Waals surface area contributed by atoms with E-state index in [0.717, 1.165) is 36.4 Å². The Bertz CT molecular complexity index is 2830. The number of carbonyl (C=O) groups excluding carboxylic acids is 1. The quantitative estimate of drug-likeness (QED) is 0.0291. The Hall–Kier alpha value is -2.30. The minimum absolute atomic E-state index is 0. The van der Waals surface area contributed by atoms with Crippen LogP contribution in [0.3, 0.4) is 0 Å². The number of azo groups is 2. The van der Waals surface area contributed by atoms with Gasteiger partial charge < -0.3 is 30.4 Å². The number of rotatable bonds is 17. The Morgan fingerprint density at radius 2 is 1.13 bits per heavy atom. The van der Waals surface area contributed by atoms with E-state index < -0.39 is 109 Å². The van der Waals surface area contributed by atoms with E-state index in [0.29, 0.717) is 0 Å². The van der Waals surface area contributed by atoms with Gasteiger partial charge >= 0.3 is 88.7 Å². The second-order valence-corrected chi connectivity index (χ2v) is 18.7. The molecule has 0 atom stereocenters. The van der Waals surface area contributed by atoms with Crippen LogP contribution in [-0.4, -0.2) is 86.4 Å². The summed E-state index contributed by atoms with van der Waals surface area (Å²) >= 11 is 0. The number of carbonyl (C=O) groups is 1. The molecule has 0 radical (unpaired) electrons. The number of nitrogens with zero attached hydrogens (tertiary/aromatic N) is 4. The van der Waals surface area contributed by atoms with Gasteiger partial charge in [0, 0.05) is 11.3 Å². The standard InChI is InChI=1S/C29H29N7O16S5.CH4.3Na/c30-26-24(17-25(55(42,43)44)27(31)28(26)36-33-19-7-9-22(10-8-19)53(38,39)13-11-51-56(45,46)47)35-34-21-5-1-3-18(15-21)29(37)32-20-4-2-6-23(16-20)54(40,41)14-12-52-57(48,49)50;;;;/h1-10,15-17H,11-14,30-31H2,(H,32,37)(H,42,43,44)(H,45,46,47)(H,48,49,50);1H4;;;/q;;3*+1/p-3. The molecule has 0 saturated carbocycles. The van der Waals surface area contributed by atoms with E-state index in [1.165, 1.54) is 42.5 Å². The predicted molar refractivity (Wildman–Crippen MR) is 201 cm³/mol. The van der Waals surface area contributed by atoms with Gasteiger partial charge in [0.2, 0.25) is 20.8 Å². The van der Waals surface area contributed by atoms with E-state index in [1.807, 2.05) is 0 Å². The molecule has 0 heterocycles. The molecule has 0 fully saturated rings. The summed E-state index contributed by atoms with van der Waals surface area (Å²) in [6, 6.07) is 15.4. The zero-order chi connectivity index (χ0) is 42.4. The third-order valence-electron chi connectivity index (χ3n) is 7.04. The van der Waals surface area contributed by atoms with Crippen LogP contribution < -0.4 is 105 Å². The number of hydrogen-bond donors (Lipinski definition) is 3. The third kappa shape index (κ3) is 18.0. The number of nitrogens with one attached hydrogen (secondary N) is 1. The number of anilines is 3. The fourth-order valence-electron chi connectivity index (χ4n) is 4.41. The molecular formula is C30H30N7Na3O16S5. The summed E-state index contributed by atoms with van der Waals surface area (Å²) in [5.41, 5.74) is 9.90. The molecule has 0 aliphatic rings. The first-order chi connectivity index (χ1) is 26.3. The number of sulfone groups is 2. The molecular weight excluding hydrogens is 944 g/mol. The van der Waals surface area contributed by atoms with Crippen molar-refractivity contribution < 1.29 is 158 Å². The number of amides is 1. The van der Waals surface area contributed by atoms with Gasteiger partial charge in [0.25, 0.3) is 5.91 Å². The molecule has 23 nitrogen and oxygen atoms in total. The van der Waals surface area contributed by atoms with Gasteiger partial charge in [-0.3, -0.25) is 13.2 Å². The van der Waals surface area contributed by atoms with Crippen LogP contribution in [0.4, 0.5) is 39.8 Å². The van der Waals surface area contributed by atoms with Gasteiger partial charge in [0.05, 0.1) is 62.2 Å². The van der Waals surface area contributed by atoms with E-state index in [2.05, 4.69) is 34.1 Å². The molecule has 61 heavy (non-hydrogen) atoms. The molecule has 4 aromatic rings. The molecule has 0 unspecified atom stereocenters. The van der Waals surface area contributed by atoms with Gasteiger partial charge in [-0.1, -0.05) is 19.6 Å². The van der Waals surface area contributed by atoms with Crippen LogP contribution in [0, 0.1) is 0 Å².